The smallest absolute Gasteiger partial charge is 0 e. The minimum Gasteiger partial charge on any atom is -0.317 e. The molecule has 1 radical (unpaired) electrons. The predicted octanol–water partition coefficient (Wildman–Crippen LogP) is 1.84. The fourth-order valence-corrected chi connectivity index (χ4v) is 0.750. The summed E-state index contributed by atoms with van der Waals surface area (Å²) in [5, 5.41) is 9.33. The first-order chi connectivity index (χ1) is 7.24. The molecule has 0 spiro atoms. The molecule has 0 amide bonds. The molecule has 0 saturated carbocycles. The first kappa shape index (κ1) is 25.5. The van der Waals surface area contributed by atoms with Gasteiger partial charge >= 0.3 is 0 Å². The van der Waals surface area contributed by atoms with E-state index in [1.807, 2.05) is 0 Å². The fraction of sp³-hybridized carbons (Fsp3) is 1.00. The Balaban J connectivity index is -0.0000000655. The molecule has 0 aromatic carbocycles. The molecule has 0 heterocycles. The van der Waals surface area contributed by atoms with Crippen LogP contribution in [0.2, 0.25) is 0 Å². The summed E-state index contributed by atoms with van der Waals surface area (Å²) in [7, 11) is 0. The summed E-state index contributed by atoms with van der Waals surface area (Å²) in [6.45, 7) is 19.2. The normalized spacial score (nSPS) is 7.88. The molecule has 0 aliphatic rings. The van der Waals surface area contributed by atoms with Crippen molar-refractivity contribution in [3.63, 3.8) is 0 Å². The van der Waals surface area contributed by atoms with E-state index in [-0.39, 0.29) is 22.4 Å². The minimum atomic E-state index is 0. The van der Waals surface area contributed by atoms with E-state index < -0.39 is 0 Å². The second kappa shape index (κ2) is 36.1. The molecule has 0 aliphatic heterocycles. The van der Waals surface area contributed by atoms with E-state index in [1.54, 1.807) is 0 Å². The van der Waals surface area contributed by atoms with Gasteiger partial charge in [-0.1, -0.05) is 41.5 Å². The maximum atomic E-state index is 3.11. The van der Waals surface area contributed by atoms with Crippen LogP contribution >= 0.6 is 0 Å². The summed E-state index contributed by atoms with van der Waals surface area (Å²) in [5.74, 6) is 0. The molecule has 101 valence electrons. The van der Waals surface area contributed by atoms with Crippen LogP contribution in [-0.2, 0) is 22.4 Å². The maximum Gasteiger partial charge on any atom is 0 e. The van der Waals surface area contributed by atoms with Gasteiger partial charge in [-0.3, -0.25) is 0 Å². The zero-order valence-corrected chi connectivity index (χ0v) is 15.4. The van der Waals surface area contributed by atoms with Crippen molar-refractivity contribution in [3.8, 4) is 0 Å². The van der Waals surface area contributed by atoms with Crippen molar-refractivity contribution in [1.82, 2.24) is 16.0 Å². The number of hydrogen-bond acceptors (Lipinski definition) is 3. The minimum absolute atomic E-state index is 0. The Morgan fingerprint density at radius 3 is 0.562 bits per heavy atom. The van der Waals surface area contributed by atoms with Gasteiger partial charge in [-0.25, -0.2) is 0 Å². The van der Waals surface area contributed by atoms with Gasteiger partial charge in [0.1, 0.15) is 0 Å². The molecule has 4 heteroatoms. The Hall–Kier alpha value is 0.620. The monoisotopic (exact) mass is 400 g/mol. The van der Waals surface area contributed by atoms with E-state index in [9.17, 15) is 0 Å². The Morgan fingerprint density at radius 1 is 0.438 bits per heavy atom. The SMILES string of the molecule is CCNCC.CCNCC.CCNCC.[Ta]. The van der Waals surface area contributed by atoms with Gasteiger partial charge in [0.25, 0.3) is 0 Å². The number of nitrogens with one attached hydrogen (secondary N) is 3. The zero-order chi connectivity index (χ0) is 12.4. The third kappa shape index (κ3) is 61.9. The van der Waals surface area contributed by atoms with Crippen LogP contribution in [0, 0.1) is 0 Å². The molecule has 0 bridgehead atoms. The van der Waals surface area contributed by atoms with Gasteiger partial charge in [0.15, 0.2) is 0 Å². The molecular formula is C12H33N3Ta. The van der Waals surface area contributed by atoms with E-state index in [2.05, 4.69) is 57.5 Å². The molecule has 0 aliphatic carbocycles. The summed E-state index contributed by atoms with van der Waals surface area (Å²) in [6.07, 6.45) is 0. The Morgan fingerprint density at radius 2 is 0.562 bits per heavy atom. The molecule has 0 atom stereocenters. The van der Waals surface area contributed by atoms with Crippen LogP contribution in [0.4, 0.5) is 0 Å². The van der Waals surface area contributed by atoms with Crippen molar-refractivity contribution in [2.45, 2.75) is 41.5 Å². The second-order valence-electron chi connectivity index (χ2n) is 2.87. The maximum absolute atomic E-state index is 3.11. The van der Waals surface area contributed by atoms with Crippen LogP contribution in [0.25, 0.3) is 0 Å². The van der Waals surface area contributed by atoms with Gasteiger partial charge in [-0.15, -0.1) is 0 Å². The first-order valence-corrected chi connectivity index (χ1v) is 6.36. The summed E-state index contributed by atoms with van der Waals surface area (Å²) in [5.41, 5.74) is 0. The Bertz CT molecular complexity index is 53.0. The van der Waals surface area contributed by atoms with Crippen LogP contribution in [0.3, 0.4) is 0 Å². The predicted molar refractivity (Wildman–Crippen MR) is 72.7 cm³/mol. The largest absolute Gasteiger partial charge is 0.317 e. The molecule has 0 aromatic rings. The molecular weight excluding hydrogens is 367 g/mol. The van der Waals surface area contributed by atoms with Crippen molar-refractivity contribution in [2.24, 2.45) is 0 Å². The summed E-state index contributed by atoms with van der Waals surface area (Å²) in [4.78, 5) is 0. The average molecular weight is 400 g/mol. The van der Waals surface area contributed by atoms with Gasteiger partial charge in [-0.05, 0) is 39.3 Å². The van der Waals surface area contributed by atoms with Crippen molar-refractivity contribution in [1.29, 1.82) is 0 Å². The van der Waals surface area contributed by atoms with E-state index >= 15 is 0 Å². The van der Waals surface area contributed by atoms with Gasteiger partial charge in [0, 0.05) is 22.4 Å². The van der Waals surface area contributed by atoms with Crippen molar-refractivity contribution >= 4 is 0 Å². The molecule has 0 aromatic heterocycles. The van der Waals surface area contributed by atoms with E-state index in [1.165, 1.54) is 0 Å². The third-order valence-corrected chi connectivity index (χ3v) is 1.50. The second-order valence-corrected chi connectivity index (χ2v) is 2.87. The van der Waals surface area contributed by atoms with E-state index in [0.717, 1.165) is 39.3 Å². The van der Waals surface area contributed by atoms with Crippen LogP contribution in [0.5, 0.6) is 0 Å². The van der Waals surface area contributed by atoms with Crippen molar-refractivity contribution in [3.05, 3.63) is 0 Å². The van der Waals surface area contributed by atoms with Crippen LogP contribution in [0.1, 0.15) is 41.5 Å². The summed E-state index contributed by atoms with van der Waals surface area (Å²) < 4.78 is 0. The van der Waals surface area contributed by atoms with Crippen LogP contribution in [-0.4, -0.2) is 39.3 Å². The van der Waals surface area contributed by atoms with Crippen LogP contribution in [0.15, 0.2) is 0 Å². The number of hydrogen-bond donors (Lipinski definition) is 3. The summed E-state index contributed by atoms with van der Waals surface area (Å²) >= 11 is 0. The molecule has 3 N–H and O–H groups in total. The standard InChI is InChI=1S/3C4H11N.Ta/c3*1-3-5-4-2;/h3*5H,3-4H2,1-2H3;. The van der Waals surface area contributed by atoms with Gasteiger partial charge < -0.3 is 16.0 Å². The Kier molecular flexibility index (Phi) is 57.4. The first-order valence-electron chi connectivity index (χ1n) is 6.36. The van der Waals surface area contributed by atoms with E-state index in [0.29, 0.717) is 0 Å². The zero-order valence-electron chi connectivity index (χ0n) is 12.2. The third-order valence-electron chi connectivity index (χ3n) is 1.50. The number of rotatable bonds is 6. The van der Waals surface area contributed by atoms with E-state index in [4.69, 9.17) is 0 Å². The molecule has 16 heavy (non-hydrogen) atoms. The molecule has 3 nitrogen and oxygen atoms in total. The molecule has 0 unspecified atom stereocenters. The van der Waals surface area contributed by atoms with Crippen molar-refractivity contribution < 1.29 is 22.4 Å². The summed E-state index contributed by atoms with van der Waals surface area (Å²) in [6, 6.07) is 0. The van der Waals surface area contributed by atoms with Gasteiger partial charge in [0.05, 0.1) is 0 Å². The quantitative estimate of drug-likeness (QED) is 0.637. The Labute approximate surface area is 119 Å². The van der Waals surface area contributed by atoms with Crippen LogP contribution < -0.4 is 16.0 Å². The molecule has 0 saturated heterocycles. The fourth-order valence-electron chi connectivity index (χ4n) is 0.750. The van der Waals surface area contributed by atoms with Crippen molar-refractivity contribution in [2.75, 3.05) is 39.3 Å². The van der Waals surface area contributed by atoms with Gasteiger partial charge in [0.2, 0.25) is 0 Å². The molecule has 0 rings (SSSR count). The molecule has 0 fully saturated rings. The topological polar surface area (TPSA) is 36.1 Å². The average Bonchev–Trinajstić information content (AvgIpc) is 2.23. The van der Waals surface area contributed by atoms with Gasteiger partial charge in [-0.2, -0.15) is 0 Å².